The van der Waals surface area contributed by atoms with Crippen molar-refractivity contribution in [2.24, 2.45) is 17.6 Å². The number of aliphatic carboxylic acids is 1. The lowest BCUT2D eigenvalue weighted by molar-refractivity contribution is -0.142. The van der Waals surface area contributed by atoms with Crippen molar-refractivity contribution in [1.82, 2.24) is 0 Å². The van der Waals surface area contributed by atoms with Crippen LogP contribution in [0, 0.1) is 11.8 Å². The maximum absolute atomic E-state index is 12.9. The first-order valence-corrected chi connectivity index (χ1v) is 7.37. The van der Waals surface area contributed by atoms with Gasteiger partial charge in [-0.1, -0.05) is 31.5 Å². The number of benzene rings is 1. The Labute approximate surface area is 128 Å². The van der Waals surface area contributed by atoms with E-state index in [0.29, 0.717) is 12.8 Å². The van der Waals surface area contributed by atoms with E-state index in [0.717, 1.165) is 12.5 Å². The number of aryl methyl sites for hydroxylation is 1. The molecule has 0 aliphatic heterocycles. The lowest BCUT2D eigenvalue weighted by Gasteiger charge is -2.20. The van der Waals surface area contributed by atoms with Gasteiger partial charge in [-0.05, 0) is 36.8 Å². The molecule has 0 saturated heterocycles. The fraction of sp³-hybridized carbons (Fsp3) is 0.562. The van der Waals surface area contributed by atoms with Gasteiger partial charge in [0.1, 0.15) is 0 Å². The Kier molecular flexibility index (Phi) is 6.87. The minimum Gasteiger partial charge on any atom is -0.481 e. The number of hydrogen-bond donors (Lipinski definition) is 2. The van der Waals surface area contributed by atoms with Gasteiger partial charge in [-0.15, -0.1) is 0 Å². The van der Waals surface area contributed by atoms with E-state index < -0.39 is 23.6 Å². The molecule has 2 atom stereocenters. The van der Waals surface area contributed by atoms with Crippen LogP contribution in [-0.4, -0.2) is 17.6 Å². The highest BCUT2D eigenvalue weighted by molar-refractivity contribution is 5.70. The van der Waals surface area contributed by atoms with Gasteiger partial charge in [-0.3, -0.25) is 4.79 Å². The van der Waals surface area contributed by atoms with Crippen LogP contribution in [0.3, 0.4) is 0 Å². The van der Waals surface area contributed by atoms with Crippen molar-refractivity contribution in [2.45, 2.75) is 38.8 Å². The number of carboxylic acid groups (broad SMARTS) is 1. The van der Waals surface area contributed by atoms with Crippen LogP contribution in [0.1, 0.15) is 37.3 Å². The third-order valence-corrected chi connectivity index (χ3v) is 3.97. The number of alkyl halides is 3. The Hall–Kier alpha value is -1.56. The summed E-state index contributed by atoms with van der Waals surface area (Å²) in [5, 5.41) is 9.02. The maximum Gasteiger partial charge on any atom is 0.416 e. The summed E-state index contributed by atoms with van der Waals surface area (Å²) in [5.41, 5.74) is 5.08. The number of hydrogen-bond acceptors (Lipinski definition) is 2. The minimum atomic E-state index is -4.36. The highest BCUT2D eigenvalue weighted by Crippen LogP contribution is 2.33. The normalized spacial score (nSPS) is 14.6. The van der Waals surface area contributed by atoms with Crippen LogP contribution in [0.2, 0.25) is 0 Å². The van der Waals surface area contributed by atoms with Gasteiger partial charge >= 0.3 is 12.1 Å². The molecule has 1 aromatic carbocycles. The molecule has 0 amide bonds. The summed E-state index contributed by atoms with van der Waals surface area (Å²) in [4.78, 5) is 11.0. The zero-order valence-electron chi connectivity index (χ0n) is 12.6. The van der Waals surface area contributed by atoms with Crippen LogP contribution in [0.5, 0.6) is 0 Å². The second-order valence-electron chi connectivity index (χ2n) is 5.47. The minimum absolute atomic E-state index is 0.0466. The van der Waals surface area contributed by atoms with Crippen LogP contribution in [0.15, 0.2) is 24.3 Å². The predicted molar refractivity (Wildman–Crippen MR) is 78.3 cm³/mol. The van der Waals surface area contributed by atoms with Crippen LogP contribution >= 0.6 is 0 Å². The second-order valence-corrected chi connectivity index (χ2v) is 5.47. The van der Waals surface area contributed by atoms with Gasteiger partial charge in [-0.2, -0.15) is 13.2 Å². The number of carbonyl (C=O) groups is 1. The number of halogens is 3. The Morgan fingerprint density at radius 2 is 1.95 bits per heavy atom. The van der Waals surface area contributed by atoms with Crippen LogP contribution in [-0.2, 0) is 17.4 Å². The van der Waals surface area contributed by atoms with E-state index >= 15 is 0 Å². The van der Waals surface area contributed by atoms with E-state index in [9.17, 15) is 18.0 Å². The smallest absolute Gasteiger partial charge is 0.416 e. The zero-order valence-corrected chi connectivity index (χ0v) is 12.6. The molecule has 1 rings (SSSR count). The van der Waals surface area contributed by atoms with Crippen molar-refractivity contribution in [3.05, 3.63) is 35.4 Å². The number of rotatable bonds is 8. The summed E-state index contributed by atoms with van der Waals surface area (Å²) < 4.78 is 38.8. The quantitative estimate of drug-likeness (QED) is 0.768. The molecule has 0 aliphatic carbocycles. The van der Waals surface area contributed by atoms with Crippen molar-refractivity contribution in [3.63, 3.8) is 0 Å². The summed E-state index contributed by atoms with van der Waals surface area (Å²) in [6.07, 6.45) is -2.44. The van der Waals surface area contributed by atoms with Gasteiger partial charge in [0.25, 0.3) is 0 Å². The first kappa shape index (κ1) is 18.5. The summed E-state index contributed by atoms with van der Waals surface area (Å²) >= 11 is 0. The van der Waals surface area contributed by atoms with Crippen molar-refractivity contribution in [3.8, 4) is 0 Å². The predicted octanol–water partition coefficient (Wildman–Crippen LogP) is 3.71. The monoisotopic (exact) mass is 317 g/mol. The van der Waals surface area contributed by atoms with Crippen molar-refractivity contribution < 1.29 is 23.1 Å². The van der Waals surface area contributed by atoms with E-state index in [1.807, 2.05) is 6.92 Å². The van der Waals surface area contributed by atoms with E-state index in [1.165, 1.54) is 12.1 Å². The lowest BCUT2D eigenvalue weighted by Crippen LogP contribution is -2.26. The lowest BCUT2D eigenvalue weighted by atomic mass is 9.87. The summed E-state index contributed by atoms with van der Waals surface area (Å²) in [6, 6.07) is 5.52. The molecule has 0 spiro atoms. The third kappa shape index (κ3) is 5.33. The molecule has 1 aromatic rings. The largest absolute Gasteiger partial charge is 0.481 e. The molecule has 3 nitrogen and oxygen atoms in total. The molecule has 3 N–H and O–H groups in total. The van der Waals surface area contributed by atoms with Gasteiger partial charge in [0.05, 0.1) is 11.5 Å². The van der Waals surface area contributed by atoms with Gasteiger partial charge in [-0.25, -0.2) is 0 Å². The van der Waals surface area contributed by atoms with Gasteiger partial charge in [0.15, 0.2) is 0 Å². The SMILES string of the molecule is CCC(CCc1ccccc1C(F)(F)F)CC(CN)C(=O)O. The summed E-state index contributed by atoms with van der Waals surface area (Å²) in [7, 11) is 0. The Morgan fingerprint density at radius 3 is 2.45 bits per heavy atom. The molecule has 0 fully saturated rings. The van der Waals surface area contributed by atoms with E-state index in [-0.39, 0.29) is 24.4 Å². The molecule has 0 saturated carbocycles. The van der Waals surface area contributed by atoms with Crippen LogP contribution in [0.25, 0.3) is 0 Å². The second kappa shape index (κ2) is 8.17. The van der Waals surface area contributed by atoms with Gasteiger partial charge < -0.3 is 10.8 Å². The Balaban J connectivity index is 2.74. The average Bonchev–Trinajstić information content (AvgIpc) is 2.46. The molecule has 0 radical (unpaired) electrons. The van der Waals surface area contributed by atoms with Crippen molar-refractivity contribution >= 4 is 5.97 Å². The molecule has 0 aromatic heterocycles. The van der Waals surface area contributed by atoms with Gasteiger partial charge in [0, 0.05) is 6.54 Å². The molecule has 124 valence electrons. The highest BCUT2D eigenvalue weighted by atomic mass is 19.4. The number of carboxylic acids is 1. The zero-order chi connectivity index (χ0) is 16.8. The molecule has 0 aliphatic rings. The Morgan fingerprint density at radius 1 is 1.32 bits per heavy atom. The fourth-order valence-electron chi connectivity index (χ4n) is 2.56. The first-order valence-electron chi connectivity index (χ1n) is 7.37. The van der Waals surface area contributed by atoms with E-state index in [2.05, 4.69) is 0 Å². The third-order valence-electron chi connectivity index (χ3n) is 3.97. The first-order chi connectivity index (χ1) is 10.3. The summed E-state index contributed by atoms with van der Waals surface area (Å²) in [5.74, 6) is -1.54. The number of nitrogens with two attached hydrogens (primary N) is 1. The van der Waals surface area contributed by atoms with E-state index in [4.69, 9.17) is 10.8 Å². The molecule has 2 unspecified atom stereocenters. The molecular formula is C16H22F3NO2. The molecule has 0 heterocycles. The molecule has 0 bridgehead atoms. The molecule has 6 heteroatoms. The standard InChI is InChI=1S/C16H22F3NO2/c1-2-11(9-13(10-20)15(21)22)7-8-12-5-3-4-6-14(12)16(17,18)19/h3-6,11,13H,2,7-10,20H2,1H3,(H,21,22). The van der Waals surface area contributed by atoms with Crippen LogP contribution < -0.4 is 5.73 Å². The fourth-order valence-corrected chi connectivity index (χ4v) is 2.56. The van der Waals surface area contributed by atoms with Crippen molar-refractivity contribution in [2.75, 3.05) is 6.54 Å². The molecular weight excluding hydrogens is 295 g/mol. The maximum atomic E-state index is 12.9. The van der Waals surface area contributed by atoms with Gasteiger partial charge in [0.2, 0.25) is 0 Å². The average molecular weight is 317 g/mol. The van der Waals surface area contributed by atoms with Crippen molar-refractivity contribution in [1.29, 1.82) is 0 Å². The van der Waals surface area contributed by atoms with E-state index in [1.54, 1.807) is 6.07 Å². The molecule has 22 heavy (non-hydrogen) atoms. The summed E-state index contributed by atoms with van der Waals surface area (Å²) in [6.45, 7) is 1.96. The topological polar surface area (TPSA) is 63.3 Å². The highest BCUT2D eigenvalue weighted by Gasteiger charge is 2.32. The Bertz CT molecular complexity index is 489. The van der Waals surface area contributed by atoms with Crippen LogP contribution in [0.4, 0.5) is 13.2 Å².